The zero-order valence-electron chi connectivity index (χ0n) is 16.8. The van der Waals surface area contributed by atoms with E-state index in [1.54, 1.807) is 28.9 Å². The number of hydrogen-bond acceptors (Lipinski definition) is 6. The molecule has 2 aliphatic rings. The summed E-state index contributed by atoms with van der Waals surface area (Å²) in [4.78, 5) is 37.4. The van der Waals surface area contributed by atoms with Crippen LogP contribution >= 0.6 is 0 Å². The van der Waals surface area contributed by atoms with Gasteiger partial charge >= 0.3 is 5.69 Å². The smallest absolute Gasteiger partial charge is 0.311 e. The minimum absolute atomic E-state index is 0.0284. The number of nitro groups is 1. The molecule has 2 fully saturated rings. The third-order valence-electron chi connectivity index (χ3n) is 5.50. The maximum Gasteiger partial charge on any atom is 0.311 e. The summed E-state index contributed by atoms with van der Waals surface area (Å²) in [6.07, 6.45) is 2.47. The van der Waals surface area contributed by atoms with E-state index in [1.165, 1.54) is 13.0 Å². The van der Waals surface area contributed by atoms with Crippen molar-refractivity contribution in [3.05, 3.63) is 28.3 Å². The van der Waals surface area contributed by atoms with E-state index in [0.717, 1.165) is 12.8 Å². The highest BCUT2D eigenvalue weighted by Crippen LogP contribution is 2.34. The molecule has 2 aliphatic heterocycles. The van der Waals surface area contributed by atoms with Crippen molar-refractivity contribution >= 4 is 17.5 Å². The van der Waals surface area contributed by atoms with Crippen molar-refractivity contribution in [3.8, 4) is 11.5 Å². The molecule has 3 rings (SSSR count). The second-order valence-electron chi connectivity index (χ2n) is 7.53. The number of benzene rings is 1. The van der Waals surface area contributed by atoms with Gasteiger partial charge in [-0.05, 0) is 6.07 Å². The van der Waals surface area contributed by atoms with Crippen LogP contribution in [0.3, 0.4) is 0 Å². The molecule has 2 heterocycles. The monoisotopic (exact) mass is 405 g/mol. The number of amides is 2. The number of piperidine rings is 2. The van der Waals surface area contributed by atoms with Gasteiger partial charge in [-0.1, -0.05) is 0 Å². The van der Waals surface area contributed by atoms with Gasteiger partial charge in [0.1, 0.15) is 18.0 Å². The molecule has 0 unspecified atom stereocenters. The Bertz CT molecular complexity index is 767. The lowest BCUT2D eigenvalue weighted by atomic mass is 10.1. The van der Waals surface area contributed by atoms with Crippen molar-refractivity contribution in [1.29, 1.82) is 0 Å². The highest BCUT2D eigenvalue weighted by molar-refractivity contribution is 5.73. The number of rotatable bonds is 5. The van der Waals surface area contributed by atoms with Crippen LogP contribution in [0.1, 0.15) is 39.5 Å². The lowest BCUT2D eigenvalue weighted by Gasteiger charge is -2.32. The lowest BCUT2D eigenvalue weighted by molar-refractivity contribution is -0.386. The first-order valence-corrected chi connectivity index (χ1v) is 9.96. The van der Waals surface area contributed by atoms with Crippen molar-refractivity contribution in [1.82, 2.24) is 9.80 Å². The maximum absolute atomic E-state index is 11.5. The molecule has 1 aromatic rings. The second-order valence-corrected chi connectivity index (χ2v) is 7.53. The third kappa shape index (κ3) is 5.36. The molecule has 0 aromatic heterocycles. The van der Waals surface area contributed by atoms with E-state index in [-0.39, 0.29) is 35.5 Å². The summed E-state index contributed by atoms with van der Waals surface area (Å²) in [7, 11) is 0. The number of carbonyl (C=O) groups is 2. The Kier molecular flexibility index (Phi) is 6.56. The quantitative estimate of drug-likeness (QED) is 0.550. The van der Waals surface area contributed by atoms with Crippen LogP contribution < -0.4 is 9.47 Å². The fraction of sp³-hybridized carbons (Fsp3) is 0.600. The van der Waals surface area contributed by atoms with Gasteiger partial charge in [0.25, 0.3) is 0 Å². The van der Waals surface area contributed by atoms with Crippen molar-refractivity contribution in [3.63, 3.8) is 0 Å². The highest BCUT2D eigenvalue weighted by Gasteiger charge is 2.26. The maximum atomic E-state index is 11.5. The molecule has 0 N–H and O–H groups in total. The normalized spacial score (nSPS) is 18.4. The van der Waals surface area contributed by atoms with Crippen LogP contribution in [0.15, 0.2) is 18.2 Å². The molecule has 2 saturated heterocycles. The zero-order valence-corrected chi connectivity index (χ0v) is 16.8. The second kappa shape index (κ2) is 9.11. The Morgan fingerprint density at radius 2 is 1.41 bits per heavy atom. The largest absolute Gasteiger partial charge is 0.490 e. The van der Waals surface area contributed by atoms with Crippen LogP contribution in [0.25, 0.3) is 0 Å². The fourth-order valence-electron chi connectivity index (χ4n) is 3.76. The Hall–Kier alpha value is -2.84. The molecular weight excluding hydrogens is 378 g/mol. The zero-order chi connectivity index (χ0) is 21.0. The molecule has 158 valence electrons. The van der Waals surface area contributed by atoms with Gasteiger partial charge < -0.3 is 19.3 Å². The molecule has 9 nitrogen and oxygen atoms in total. The van der Waals surface area contributed by atoms with Crippen molar-refractivity contribution < 1.29 is 24.0 Å². The van der Waals surface area contributed by atoms with Crippen LogP contribution in [0, 0.1) is 10.1 Å². The van der Waals surface area contributed by atoms with Gasteiger partial charge in [0.15, 0.2) is 0 Å². The Morgan fingerprint density at radius 3 is 1.86 bits per heavy atom. The molecule has 2 amide bonds. The van der Waals surface area contributed by atoms with Crippen LogP contribution in [0.4, 0.5) is 5.69 Å². The first-order valence-electron chi connectivity index (χ1n) is 9.96. The van der Waals surface area contributed by atoms with E-state index < -0.39 is 4.92 Å². The van der Waals surface area contributed by atoms with Crippen LogP contribution in [-0.2, 0) is 9.59 Å². The van der Waals surface area contributed by atoms with Crippen molar-refractivity contribution in [2.45, 2.75) is 51.7 Å². The van der Waals surface area contributed by atoms with E-state index in [2.05, 4.69) is 0 Å². The van der Waals surface area contributed by atoms with Crippen molar-refractivity contribution in [2.24, 2.45) is 0 Å². The summed E-state index contributed by atoms with van der Waals surface area (Å²) in [6.45, 7) is 5.54. The van der Waals surface area contributed by atoms with E-state index >= 15 is 0 Å². The number of nitro benzene ring substituents is 1. The Morgan fingerprint density at radius 1 is 0.931 bits per heavy atom. The molecule has 29 heavy (non-hydrogen) atoms. The summed E-state index contributed by atoms with van der Waals surface area (Å²) in [6, 6.07) is 4.56. The van der Waals surface area contributed by atoms with Gasteiger partial charge in [0.05, 0.1) is 4.92 Å². The number of ether oxygens (including phenoxy) is 2. The van der Waals surface area contributed by atoms with Gasteiger partial charge in [-0.25, -0.2) is 0 Å². The van der Waals surface area contributed by atoms with Crippen molar-refractivity contribution in [2.75, 3.05) is 26.2 Å². The molecule has 0 aliphatic carbocycles. The van der Waals surface area contributed by atoms with E-state index in [4.69, 9.17) is 9.47 Å². The highest BCUT2D eigenvalue weighted by atomic mass is 16.6. The van der Waals surface area contributed by atoms with Gasteiger partial charge in [0.2, 0.25) is 17.6 Å². The molecule has 0 spiro atoms. The molecular formula is C20H27N3O6. The first kappa shape index (κ1) is 20.9. The molecule has 0 bridgehead atoms. The minimum Gasteiger partial charge on any atom is -0.490 e. The SMILES string of the molecule is CC(=O)N1CCC(Oc2ccc([N+](=O)[O-])c(OC3CCN(C(C)=O)CC3)c2)CC1. The van der Waals surface area contributed by atoms with Crippen LogP contribution in [0.2, 0.25) is 0 Å². The summed E-state index contributed by atoms with van der Waals surface area (Å²) in [5.41, 5.74) is -0.0993. The Balaban J connectivity index is 1.64. The summed E-state index contributed by atoms with van der Waals surface area (Å²) >= 11 is 0. The lowest BCUT2D eigenvalue weighted by Crippen LogP contribution is -2.40. The van der Waals surface area contributed by atoms with E-state index in [9.17, 15) is 19.7 Å². The number of carbonyl (C=O) groups excluding carboxylic acids is 2. The average Bonchev–Trinajstić information content (AvgIpc) is 2.69. The van der Waals surface area contributed by atoms with Gasteiger partial charge in [-0.3, -0.25) is 19.7 Å². The average molecular weight is 405 g/mol. The minimum atomic E-state index is -0.463. The molecule has 0 radical (unpaired) electrons. The Labute approximate surface area is 169 Å². The van der Waals surface area contributed by atoms with E-state index in [0.29, 0.717) is 44.8 Å². The standard InChI is InChI=1S/C20H27N3O6/c1-14(24)21-9-5-16(6-10-21)28-18-3-4-19(23(26)27)20(13-18)29-17-7-11-22(12-8-17)15(2)25/h3-4,13,16-17H,5-12H2,1-2H3. The predicted octanol–water partition coefficient (Wildman–Crippen LogP) is 2.37. The van der Waals surface area contributed by atoms with Gasteiger partial charge in [0, 0.05) is 77.8 Å². The molecule has 0 atom stereocenters. The van der Waals surface area contributed by atoms with Crippen LogP contribution in [0.5, 0.6) is 11.5 Å². The topological polar surface area (TPSA) is 102 Å². The number of likely N-dealkylation sites (tertiary alicyclic amines) is 2. The summed E-state index contributed by atoms with van der Waals surface area (Å²) in [5, 5.41) is 11.4. The fourth-order valence-corrected chi connectivity index (χ4v) is 3.76. The molecule has 9 heteroatoms. The van der Waals surface area contributed by atoms with Crippen LogP contribution in [-0.4, -0.2) is 64.9 Å². The molecule has 0 saturated carbocycles. The number of nitrogens with zero attached hydrogens (tertiary/aromatic N) is 3. The number of hydrogen-bond donors (Lipinski definition) is 0. The predicted molar refractivity (Wildman–Crippen MR) is 105 cm³/mol. The van der Waals surface area contributed by atoms with Gasteiger partial charge in [-0.2, -0.15) is 0 Å². The summed E-state index contributed by atoms with van der Waals surface area (Å²) in [5.74, 6) is 0.800. The molecule has 1 aromatic carbocycles. The van der Waals surface area contributed by atoms with Gasteiger partial charge in [-0.15, -0.1) is 0 Å². The summed E-state index contributed by atoms with van der Waals surface area (Å²) < 4.78 is 11.9. The van der Waals surface area contributed by atoms with E-state index in [1.807, 2.05) is 0 Å². The third-order valence-corrected chi connectivity index (χ3v) is 5.50. The first-order chi connectivity index (χ1) is 13.8.